The minimum absolute atomic E-state index is 0.110. The Kier molecular flexibility index (Phi) is 6.84. The van der Waals surface area contributed by atoms with Crippen molar-refractivity contribution in [2.45, 2.75) is 11.8 Å². The van der Waals surface area contributed by atoms with Gasteiger partial charge in [0, 0.05) is 25.5 Å². The lowest BCUT2D eigenvalue weighted by Gasteiger charge is -2.21. The van der Waals surface area contributed by atoms with Gasteiger partial charge in [0.15, 0.2) is 0 Å². The van der Waals surface area contributed by atoms with Gasteiger partial charge in [-0.15, -0.1) is 11.8 Å². The molecule has 116 valence electrons. The van der Waals surface area contributed by atoms with Crippen LogP contribution in [0.15, 0.2) is 17.0 Å². The summed E-state index contributed by atoms with van der Waals surface area (Å²) in [5.41, 5.74) is 0.386. The highest BCUT2D eigenvalue weighted by atomic mass is 35.5. The van der Waals surface area contributed by atoms with E-state index in [4.69, 9.17) is 23.2 Å². The number of halogens is 2. The van der Waals surface area contributed by atoms with Crippen LogP contribution in [0.25, 0.3) is 0 Å². The molecule has 0 aliphatic heterocycles. The second-order valence-electron chi connectivity index (χ2n) is 4.67. The molecule has 0 bridgehead atoms. The summed E-state index contributed by atoms with van der Waals surface area (Å²) in [4.78, 5) is 26.2. The third-order valence-electron chi connectivity index (χ3n) is 3.06. The summed E-state index contributed by atoms with van der Waals surface area (Å²) in [5, 5.41) is 3.39. The van der Waals surface area contributed by atoms with Crippen molar-refractivity contribution in [3.63, 3.8) is 0 Å². The first-order valence-electron chi connectivity index (χ1n) is 6.31. The molecule has 0 saturated heterocycles. The third kappa shape index (κ3) is 4.53. The van der Waals surface area contributed by atoms with E-state index in [1.165, 1.54) is 16.7 Å². The summed E-state index contributed by atoms with van der Waals surface area (Å²) < 4.78 is 0. The van der Waals surface area contributed by atoms with Crippen LogP contribution in [0.1, 0.15) is 17.3 Å². The first-order chi connectivity index (χ1) is 9.81. The van der Waals surface area contributed by atoms with E-state index >= 15 is 0 Å². The zero-order valence-corrected chi connectivity index (χ0v) is 14.7. The Balaban J connectivity index is 2.95. The van der Waals surface area contributed by atoms with Crippen LogP contribution in [0.3, 0.4) is 0 Å². The predicted octanol–water partition coefficient (Wildman–Crippen LogP) is 3.17. The monoisotopic (exact) mass is 348 g/mol. The highest BCUT2D eigenvalue weighted by Gasteiger charge is 2.21. The Hall–Kier alpha value is -0.910. The van der Waals surface area contributed by atoms with Crippen LogP contribution in [0.2, 0.25) is 10.0 Å². The number of rotatable bonds is 5. The molecule has 7 heteroatoms. The summed E-state index contributed by atoms with van der Waals surface area (Å²) in [7, 11) is 3.22. The molecule has 0 fully saturated rings. The highest BCUT2D eigenvalue weighted by Crippen LogP contribution is 2.31. The average Bonchev–Trinajstić information content (AvgIpc) is 2.45. The minimum atomic E-state index is -0.296. The number of benzene rings is 1. The SMILES string of the molecule is CNC(=O)[C@H](C)CN(C)C(=O)c1cc(SC)c(Cl)cc1Cl. The number of thioether (sulfide) groups is 1. The molecule has 0 unspecified atom stereocenters. The fourth-order valence-electron chi connectivity index (χ4n) is 1.88. The molecule has 0 aromatic heterocycles. The molecule has 1 aromatic carbocycles. The maximum atomic E-state index is 12.4. The van der Waals surface area contributed by atoms with Crippen molar-refractivity contribution in [2.24, 2.45) is 5.92 Å². The van der Waals surface area contributed by atoms with Crippen LogP contribution >= 0.6 is 35.0 Å². The maximum Gasteiger partial charge on any atom is 0.255 e. The Labute approximate surface area is 139 Å². The highest BCUT2D eigenvalue weighted by molar-refractivity contribution is 7.98. The van der Waals surface area contributed by atoms with Gasteiger partial charge in [-0.2, -0.15) is 0 Å². The predicted molar refractivity (Wildman–Crippen MR) is 88.4 cm³/mol. The largest absolute Gasteiger partial charge is 0.359 e. The lowest BCUT2D eigenvalue weighted by atomic mass is 10.1. The number of carbonyl (C=O) groups excluding carboxylic acids is 2. The number of nitrogens with zero attached hydrogens (tertiary/aromatic N) is 1. The van der Waals surface area contributed by atoms with Gasteiger partial charge in [0.1, 0.15) is 0 Å². The number of carbonyl (C=O) groups is 2. The van der Waals surface area contributed by atoms with Gasteiger partial charge in [-0.25, -0.2) is 0 Å². The van der Waals surface area contributed by atoms with Crippen LogP contribution < -0.4 is 5.32 Å². The first kappa shape index (κ1) is 18.1. The molecule has 1 rings (SSSR count). The van der Waals surface area contributed by atoms with Gasteiger partial charge < -0.3 is 10.2 Å². The molecule has 0 radical (unpaired) electrons. The zero-order valence-electron chi connectivity index (χ0n) is 12.4. The summed E-state index contributed by atoms with van der Waals surface area (Å²) in [5.74, 6) is -0.639. The van der Waals surface area contributed by atoms with E-state index in [-0.39, 0.29) is 17.7 Å². The van der Waals surface area contributed by atoms with Crippen molar-refractivity contribution in [1.29, 1.82) is 0 Å². The van der Waals surface area contributed by atoms with Crippen molar-refractivity contribution in [3.05, 3.63) is 27.7 Å². The zero-order chi connectivity index (χ0) is 16.2. The Morgan fingerprint density at radius 2 is 1.95 bits per heavy atom. The molecule has 1 N–H and O–H groups in total. The summed E-state index contributed by atoms with van der Waals surface area (Å²) in [6.07, 6.45) is 1.88. The molecule has 0 aliphatic rings. The van der Waals surface area contributed by atoms with Crippen molar-refractivity contribution >= 4 is 46.8 Å². The molecular formula is C14H18Cl2N2O2S. The van der Waals surface area contributed by atoms with Crippen LogP contribution in [-0.4, -0.2) is 43.6 Å². The van der Waals surface area contributed by atoms with E-state index in [0.29, 0.717) is 22.2 Å². The molecule has 0 saturated carbocycles. The van der Waals surface area contributed by atoms with Crippen LogP contribution in [0, 0.1) is 5.92 Å². The fraction of sp³-hybridized carbons (Fsp3) is 0.429. The lowest BCUT2D eigenvalue weighted by molar-refractivity contribution is -0.124. The molecule has 1 atom stereocenters. The van der Waals surface area contributed by atoms with Gasteiger partial charge in [-0.1, -0.05) is 30.1 Å². The van der Waals surface area contributed by atoms with Gasteiger partial charge in [0.05, 0.1) is 21.5 Å². The molecule has 0 heterocycles. The van der Waals surface area contributed by atoms with Crippen LogP contribution in [0.4, 0.5) is 0 Å². The Morgan fingerprint density at radius 1 is 1.33 bits per heavy atom. The summed E-state index contributed by atoms with van der Waals surface area (Å²) >= 11 is 13.6. The third-order valence-corrected chi connectivity index (χ3v) is 4.58. The molecule has 1 aromatic rings. The molecular weight excluding hydrogens is 331 g/mol. The minimum Gasteiger partial charge on any atom is -0.359 e. The van der Waals surface area contributed by atoms with Crippen molar-refractivity contribution in [3.8, 4) is 0 Å². The topological polar surface area (TPSA) is 49.4 Å². The number of hydrogen-bond donors (Lipinski definition) is 1. The number of nitrogens with one attached hydrogen (secondary N) is 1. The van der Waals surface area contributed by atoms with Gasteiger partial charge in [0.2, 0.25) is 5.91 Å². The molecule has 0 aliphatic carbocycles. The van der Waals surface area contributed by atoms with Crippen molar-refractivity contribution in [1.82, 2.24) is 10.2 Å². The van der Waals surface area contributed by atoms with E-state index in [1.54, 1.807) is 33.2 Å². The quantitative estimate of drug-likeness (QED) is 0.831. The van der Waals surface area contributed by atoms with Gasteiger partial charge in [-0.05, 0) is 18.4 Å². The number of hydrogen-bond acceptors (Lipinski definition) is 3. The molecule has 4 nitrogen and oxygen atoms in total. The van der Waals surface area contributed by atoms with Crippen LogP contribution in [-0.2, 0) is 4.79 Å². The maximum absolute atomic E-state index is 12.4. The van der Waals surface area contributed by atoms with E-state index in [0.717, 1.165) is 4.90 Å². The van der Waals surface area contributed by atoms with E-state index in [1.807, 2.05) is 6.26 Å². The number of amides is 2. The van der Waals surface area contributed by atoms with Gasteiger partial charge in [-0.3, -0.25) is 9.59 Å². The first-order valence-corrected chi connectivity index (χ1v) is 8.30. The summed E-state index contributed by atoms with van der Waals surface area (Å²) in [6, 6.07) is 3.25. The van der Waals surface area contributed by atoms with Crippen molar-refractivity contribution in [2.75, 3.05) is 26.9 Å². The van der Waals surface area contributed by atoms with E-state index in [2.05, 4.69) is 5.32 Å². The Morgan fingerprint density at radius 3 is 2.48 bits per heavy atom. The standard InChI is InChI=1S/C14H18Cl2N2O2S/c1-8(13(19)17-2)7-18(3)14(20)9-5-12(21-4)11(16)6-10(9)15/h5-6,8H,7H2,1-4H3,(H,17,19)/t8-/m1/s1. The molecule has 21 heavy (non-hydrogen) atoms. The van der Waals surface area contributed by atoms with Gasteiger partial charge in [0.25, 0.3) is 5.91 Å². The van der Waals surface area contributed by atoms with E-state index < -0.39 is 0 Å². The van der Waals surface area contributed by atoms with Gasteiger partial charge >= 0.3 is 0 Å². The molecule has 0 spiro atoms. The second kappa shape index (κ2) is 7.92. The second-order valence-corrected chi connectivity index (χ2v) is 6.33. The molecule has 2 amide bonds. The smallest absolute Gasteiger partial charge is 0.255 e. The van der Waals surface area contributed by atoms with Crippen LogP contribution in [0.5, 0.6) is 0 Å². The summed E-state index contributed by atoms with van der Waals surface area (Å²) in [6.45, 7) is 2.07. The van der Waals surface area contributed by atoms with Crippen molar-refractivity contribution < 1.29 is 9.59 Å². The normalized spacial score (nSPS) is 11.9. The Bertz CT molecular complexity index is 552. The average molecular weight is 349 g/mol. The lowest BCUT2D eigenvalue weighted by Crippen LogP contribution is -2.37. The van der Waals surface area contributed by atoms with E-state index in [9.17, 15) is 9.59 Å². The fourth-order valence-corrected chi connectivity index (χ4v) is 3.06.